The second-order valence-electron chi connectivity index (χ2n) is 10.8. The van der Waals surface area contributed by atoms with Crippen molar-refractivity contribution < 1.29 is 4.42 Å². The van der Waals surface area contributed by atoms with Gasteiger partial charge in [0.25, 0.3) is 0 Å². The van der Waals surface area contributed by atoms with E-state index in [1.165, 1.54) is 22.3 Å². The average molecular weight is 565 g/mol. The summed E-state index contributed by atoms with van der Waals surface area (Å²) in [5.41, 5.74) is 12.5. The van der Waals surface area contributed by atoms with Crippen LogP contribution in [0.5, 0.6) is 0 Å². The maximum atomic E-state index is 6.51. The number of furan rings is 1. The third-order valence-corrected chi connectivity index (χ3v) is 8.16. The highest BCUT2D eigenvalue weighted by Crippen LogP contribution is 2.45. The van der Waals surface area contributed by atoms with E-state index in [1.54, 1.807) is 0 Å². The Morgan fingerprint density at radius 3 is 1.68 bits per heavy atom. The number of hydrogen-bond donors (Lipinski definition) is 0. The van der Waals surface area contributed by atoms with Gasteiger partial charge in [-0.25, -0.2) is 0 Å². The van der Waals surface area contributed by atoms with Crippen LogP contribution in [0.2, 0.25) is 0 Å². The smallest absolute Gasteiger partial charge is 0.177 e. The van der Waals surface area contributed by atoms with E-state index < -0.39 is 0 Å². The van der Waals surface area contributed by atoms with Crippen molar-refractivity contribution in [1.29, 1.82) is 0 Å². The molecule has 0 N–H and O–H groups in total. The zero-order valence-corrected chi connectivity index (χ0v) is 24.0. The highest BCUT2D eigenvalue weighted by atomic mass is 16.3. The molecule has 0 bridgehead atoms. The number of anilines is 3. The van der Waals surface area contributed by atoms with Crippen molar-refractivity contribution in [2.75, 3.05) is 4.90 Å². The van der Waals surface area contributed by atoms with Gasteiger partial charge in [0.15, 0.2) is 5.58 Å². The van der Waals surface area contributed by atoms with Crippen molar-refractivity contribution in [2.24, 2.45) is 0 Å². The first-order valence-electron chi connectivity index (χ1n) is 14.8. The molecule has 6 aromatic carbocycles. The van der Waals surface area contributed by atoms with Gasteiger partial charge in [0, 0.05) is 22.8 Å². The number of pyridine rings is 1. The molecule has 0 aliphatic carbocycles. The predicted octanol–water partition coefficient (Wildman–Crippen LogP) is 11.5. The fraction of sp³-hybridized carbons (Fsp3) is 0. The molecule has 2 heterocycles. The van der Waals surface area contributed by atoms with E-state index in [0.29, 0.717) is 0 Å². The Labute approximate surface area is 256 Å². The summed E-state index contributed by atoms with van der Waals surface area (Å²) in [6.07, 6.45) is 1.88. The van der Waals surface area contributed by atoms with E-state index in [0.717, 1.165) is 50.3 Å². The fourth-order valence-corrected chi connectivity index (χ4v) is 5.99. The number of fused-ring (bicyclic) bond motifs is 3. The summed E-state index contributed by atoms with van der Waals surface area (Å²) < 4.78 is 6.51. The van der Waals surface area contributed by atoms with Gasteiger partial charge in [-0.1, -0.05) is 127 Å². The van der Waals surface area contributed by atoms with Crippen molar-refractivity contribution in [1.82, 2.24) is 4.98 Å². The standard InChI is InChI=1S/C41H28N2O/c1-3-11-29(12-4-1)31-19-21-33(22-20-31)35-15-7-9-17-37(35)43(34-25-23-32(24-26-34)30-13-5-2-6-14-30)38-27-28-42-40-36-16-8-10-18-39(36)44-41(38)40/h1-28H. The molecule has 8 aromatic rings. The van der Waals surface area contributed by atoms with E-state index in [4.69, 9.17) is 9.40 Å². The van der Waals surface area contributed by atoms with Crippen LogP contribution in [0, 0.1) is 0 Å². The first-order valence-corrected chi connectivity index (χ1v) is 14.8. The van der Waals surface area contributed by atoms with Crippen molar-refractivity contribution in [3.8, 4) is 33.4 Å². The third kappa shape index (κ3) is 4.61. The topological polar surface area (TPSA) is 29.3 Å². The quantitative estimate of drug-likeness (QED) is 0.201. The third-order valence-electron chi connectivity index (χ3n) is 8.16. The van der Waals surface area contributed by atoms with Crippen molar-refractivity contribution in [3.05, 3.63) is 170 Å². The van der Waals surface area contributed by atoms with Crippen LogP contribution in [-0.4, -0.2) is 4.98 Å². The maximum absolute atomic E-state index is 6.51. The van der Waals surface area contributed by atoms with Crippen LogP contribution in [0.1, 0.15) is 0 Å². The molecule has 3 heteroatoms. The summed E-state index contributed by atoms with van der Waals surface area (Å²) in [6, 6.07) is 57.2. The minimum atomic E-state index is 0.759. The molecule has 3 nitrogen and oxygen atoms in total. The van der Waals surface area contributed by atoms with Gasteiger partial charge < -0.3 is 9.32 Å². The van der Waals surface area contributed by atoms with Crippen LogP contribution < -0.4 is 4.90 Å². The molecule has 8 rings (SSSR count). The van der Waals surface area contributed by atoms with Crippen LogP contribution in [-0.2, 0) is 0 Å². The molecule has 0 aliphatic rings. The summed E-state index contributed by atoms with van der Waals surface area (Å²) in [6.45, 7) is 0. The second kappa shape index (κ2) is 11.0. The highest BCUT2D eigenvalue weighted by molar-refractivity contribution is 6.08. The Hall–Kier alpha value is -5.93. The molecule has 0 saturated carbocycles. The van der Waals surface area contributed by atoms with Crippen molar-refractivity contribution >= 4 is 39.1 Å². The minimum absolute atomic E-state index is 0.759. The minimum Gasteiger partial charge on any atom is -0.452 e. The van der Waals surface area contributed by atoms with Crippen LogP contribution in [0.25, 0.3) is 55.4 Å². The first-order chi connectivity index (χ1) is 21.8. The van der Waals surface area contributed by atoms with Crippen LogP contribution >= 0.6 is 0 Å². The van der Waals surface area contributed by atoms with Crippen molar-refractivity contribution in [3.63, 3.8) is 0 Å². The Morgan fingerprint density at radius 2 is 0.977 bits per heavy atom. The molecule has 0 spiro atoms. The molecule has 0 saturated heterocycles. The summed E-state index contributed by atoms with van der Waals surface area (Å²) in [7, 11) is 0. The van der Waals surface area contributed by atoms with Gasteiger partial charge in [0.05, 0.1) is 11.4 Å². The lowest BCUT2D eigenvalue weighted by molar-refractivity contribution is 0.668. The van der Waals surface area contributed by atoms with Crippen molar-refractivity contribution in [2.45, 2.75) is 0 Å². The monoisotopic (exact) mass is 564 g/mol. The number of hydrogen-bond acceptors (Lipinski definition) is 3. The average Bonchev–Trinajstić information content (AvgIpc) is 3.49. The second-order valence-corrected chi connectivity index (χ2v) is 10.8. The first kappa shape index (κ1) is 25.8. The largest absolute Gasteiger partial charge is 0.452 e. The summed E-state index contributed by atoms with van der Waals surface area (Å²) in [5.74, 6) is 0. The zero-order valence-electron chi connectivity index (χ0n) is 24.0. The van der Waals surface area contributed by atoms with Crippen LogP contribution in [0.4, 0.5) is 17.1 Å². The molecular formula is C41H28N2O. The molecule has 0 atom stereocenters. The Morgan fingerprint density at radius 1 is 0.432 bits per heavy atom. The van der Waals surface area contributed by atoms with Gasteiger partial charge in [0.1, 0.15) is 11.1 Å². The van der Waals surface area contributed by atoms with Gasteiger partial charge in [-0.2, -0.15) is 0 Å². The number of benzene rings is 6. The number of aromatic nitrogens is 1. The maximum Gasteiger partial charge on any atom is 0.177 e. The lowest BCUT2D eigenvalue weighted by Crippen LogP contribution is -2.11. The zero-order chi connectivity index (χ0) is 29.3. The van der Waals surface area contributed by atoms with Gasteiger partial charge in [0.2, 0.25) is 0 Å². The Kier molecular flexibility index (Phi) is 6.47. The van der Waals surface area contributed by atoms with Crippen LogP contribution in [0.15, 0.2) is 174 Å². The molecule has 0 radical (unpaired) electrons. The summed E-state index contributed by atoms with van der Waals surface area (Å²) in [4.78, 5) is 7.05. The molecule has 0 amide bonds. The number of para-hydroxylation sites is 2. The molecule has 44 heavy (non-hydrogen) atoms. The molecule has 0 fully saturated rings. The van der Waals surface area contributed by atoms with E-state index >= 15 is 0 Å². The van der Waals surface area contributed by atoms with E-state index in [9.17, 15) is 0 Å². The van der Waals surface area contributed by atoms with Gasteiger partial charge >= 0.3 is 0 Å². The molecular weight excluding hydrogens is 536 g/mol. The molecule has 0 unspecified atom stereocenters. The van der Waals surface area contributed by atoms with Gasteiger partial charge in [-0.3, -0.25) is 4.98 Å². The predicted molar refractivity (Wildman–Crippen MR) is 183 cm³/mol. The Bertz CT molecular complexity index is 2200. The number of nitrogens with zero attached hydrogens (tertiary/aromatic N) is 2. The van der Waals surface area contributed by atoms with Crippen LogP contribution in [0.3, 0.4) is 0 Å². The normalized spacial score (nSPS) is 11.2. The Balaban J connectivity index is 1.31. The molecule has 2 aromatic heterocycles. The van der Waals surface area contributed by atoms with E-state index in [2.05, 4.69) is 132 Å². The SMILES string of the molecule is c1ccc(-c2ccc(-c3ccccc3N(c3ccc(-c4ccccc4)cc3)c3ccnc4c3oc3ccccc34)cc2)cc1. The summed E-state index contributed by atoms with van der Waals surface area (Å²) >= 11 is 0. The lowest BCUT2D eigenvalue weighted by atomic mass is 9.98. The van der Waals surface area contributed by atoms with Gasteiger partial charge in [-0.15, -0.1) is 0 Å². The fourth-order valence-electron chi connectivity index (χ4n) is 5.99. The summed E-state index contributed by atoms with van der Waals surface area (Å²) in [5, 5.41) is 1.01. The highest BCUT2D eigenvalue weighted by Gasteiger charge is 2.22. The van der Waals surface area contributed by atoms with E-state index in [1.807, 2.05) is 42.6 Å². The van der Waals surface area contributed by atoms with Gasteiger partial charge in [-0.05, 0) is 64.2 Å². The number of rotatable bonds is 6. The molecule has 0 aliphatic heterocycles. The molecule has 208 valence electrons. The van der Waals surface area contributed by atoms with E-state index in [-0.39, 0.29) is 0 Å². The lowest BCUT2D eigenvalue weighted by Gasteiger charge is -2.28.